The number of aliphatic hydroxyl groups is 1. The molecule has 242 valence electrons. The van der Waals surface area contributed by atoms with Gasteiger partial charge in [0, 0.05) is 19.2 Å². The van der Waals surface area contributed by atoms with Crippen molar-refractivity contribution in [2.75, 3.05) is 31.6 Å². The van der Waals surface area contributed by atoms with E-state index in [1.165, 1.54) is 41.7 Å². The molecule has 1 fully saturated rings. The van der Waals surface area contributed by atoms with Crippen molar-refractivity contribution < 1.29 is 41.4 Å². The average Bonchev–Trinajstić information content (AvgIpc) is 3.43. The van der Waals surface area contributed by atoms with E-state index in [1.54, 1.807) is 24.3 Å². The Labute approximate surface area is 261 Å². The summed E-state index contributed by atoms with van der Waals surface area (Å²) in [7, 11) is -2.58. The number of methoxy groups -OCH3 is 1. The molecule has 1 aliphatic rings. The number of rotatable bonds is 14. The summed E-state index contributed by atoms with van der Waals surface area (Å²) in [5.41, 5.74) is 0.777. The number of nitrogens with one attached hydrogen (secondary N) is 1. The molecule has 1 aliphatic heterocycles. The zero-order chi connectivity index (χ0) is 32.7. The van der Waals surface area contributed by atoms with Crippen molar-refractivity contribution in [2.24, 2.45) is 5.92 Å². The molecule has 0 aromatic heterocycles. The van der Waals surface area contributed by atoms with Gasteiger partial charge in [-0.15, -0.1) is 0 Å². The van der Waals surface area contributed by atoms with Gasteiger partial charge in [0.05, 0.1) is 36.4 Å². The Hall–Kier alpha value is -4.07. The predicted molar refractivity (Wildman–Crippen MR) is 163 cm³/mol. The maximum atomic E-state index is 13.8. The van der Waals surface area contributed by atoms with Gasteiger partial charge >= 0.3 is 6.09 Å². The van der Waals surface area contributed by atoms with E-state index < -0.39 is 51.9 Å². The first-order chi connectivity index (χ1) is 21.4. The first-order valence-corrected chi connectivity index (χ1v) is 16.0. The van der Waals surface area contributed by atoms with Gasteiger partial charge < -0.3 is 19.9 Å². The molecule has 0 aliphatic carbocycles. The van der Waals surface area contributed by atoms with Crippen LogP contribution in [-0.4, -0.2) is 74.8 Å². The van der Waals surface area contributed by atoms with Crippen LogP contribution >= 0.6 is 0 Å². The van der Waals surface area contributed by atoms with Gasteiger partial charge in [-0.25, -0.2) is 22.0 Å². The van der Waals surface area contributed by atoms with Crippen LogP contribution in [0.5, 0.6) is 5.75 Å². The number of aliphatic hydroxyl groups excluding tert-OH is 1. The summed E-state index contributed by atoms with van der Waals surface area (Å²) >= 11 is 0. The molecule has 0 unspecified atom stereocenters. The van der Waals surface area contributed by atoms with Crippen LogP contribution in [0.3, 0.4) is 0 Å². The highest BCUT2D eigenvalue weighted by Gasteiger charge is 2.39. The lowest BCUT2D eigenvalue weighted by atomic mass is 10.0. The second kappa shape index (κ2) is 14.8. The second-order valence-corrected chi connectivity index (χ2v) is 12.9. The molecular formula is C32H37F2N3O7S. The second-order valence-electron chi connectivity index (χ2n) is 11.0. The Bertz CT molecular complexity index is 1580. The number of carbonyl (C=O) groups excluding carboxylic acids is 2. The number of halogens is 2. The zero-order valence-electron chi connectivity index (χ0n) is 25.2. The van der Waals surface area contributed by atoms with E-state index in [9.17, 15) is 31.9 Å². The summed E-state index contributed by atoms with van der Waals surface area (Å²) < 4.78 is 66.3. The molecule has 0 spiro atoms. The summed E-state index contributed by atoms with van der Waals surface area (Å²) in [5, 5.41) is 14.2. The number of amides is 2. The standard InChI is InChI=1S/C32H37F2N3O7S/c1-4-21(2)18-36(45(41,42)25-13-11-24(43-3)12-14-25)19-29(38)28(16-22-8-6-5-7-9-22)35-31(39)30-20-37(32(40)44-30)23-10-15-26(33)27(34)17-23/h5-15,17,21,28-30,38H,4,16,18-20H2,1-3H3,(H,35,39)/t21-,28-,29+,30-/m0/s1. The number of sulfonamides is 1. The van der Waals surface area contributed by atoms with Crippen LogP contribution in [0.25, 0.3) is 0 Å². The van der Waals surface area contributed by atoms with Crippen molar-refractivity contribution in [3.8, 4) is 5.75 Å². The molecule has 0 saturated carbocycles. The summed E-state index contributed by atoms with van der Waals surface area (Å²) in [6, 6.07) is 16.8. The SMILES string of the molecule is CC[C@H](C)CN(C[C@@H](O)[C@H](Cc1ccccc1)NC(=O)[C@@H]1CN(c2ccc(F)c(F)c2)C(=O)O1)S(=O)(=O)c1ccc(OC)cc1. The Morgan fingerprint density at radius 3 is 2.40 bits per heavy atom. The zero-order valence-corrected chi connectivity index (χ0v) is 26.0. The van der Waals surface area contributed by atoms with Gasteiger partial charge in [-0.2, -0.15) is 4.31 Å². The highest BCUT2D eigenvalue weighted by Crippen LogP contribution is 2.25. The lowest BCUT2D eigenvalue weighted by Gasteiger charge is -2.31. The topological polar surface area (TPSA) is 125 Å². The Morgan fingerprint density at radius 2 is 1.78 bits per heavy atom. The van der Waals surface area contributed by atoms with Crippen LogP contribution in [0.15, 0.2) is 77.7 Å². The van der Waals surface area contributed by atoms with Gasteiger partial charge in [-0.05, 0) is 54.3 Å². The third kappa shape index (κ3) is 8.35. The van der Waals surface area contributed by atoms with Crippen molar-refractivity contribution in [3.63, 3.8) is 0 Å². The normalized spacial score (nSPS) is 17.1. The molecule has 0 radical (unpaired) electrons. The molecule has 2 N–H and O–H groups in total. The van der Waals surface area contributed by atoms with Crippen molar-refractivity contribution in [3.05, 3.63) is 90.0 Å². The number of anilines is 1. The van der Waals surface area contributed by atoms with Crippen molar-refractivity contribution >= 4 is 27.7 Å². The minimum absolute atomic E-state index is 0.0134. The highest BCUT2D eigenvalue weighted by atomic mass is 32.2. The smallest absolute Gasteiger partial charge is 0.415 e. The van der Waals surface area contributed by atoms with Crippen LogP contribution < -0.4 is 15.0 Å². The van der Waals surface area contributed by atoms with Crippen LogP contribution in [0, 0.1) is 17.6 Å². The van der Waals surface area contributed by atoms with E-state index in [0.29, 0.717) is 12.2 Å². The van der Waals surface area contributed by atoms with Gasteiger partial charge in [0.15, 0.2) is 17.7 Å². The Kier molecular flexibility index (Phi) is 11.1. The van der Waals surface area contributed by atoms with Gasteiger partial charge in [0.2, 0.25) is 10.0 Å². The van der Waals surface area contributed by atoms with Gasteiger partial charge in [-0.1, -0.05) is 50.6 Å². The molecule has 10 nitrogen and oxygen atoms in total. The van der Waals surface area contributed by atoms with Crippen molar-refractivity contribution in [1.82, 2.24) is 9.62 Å². The number of cyclic esters (lactones) is 1. The van der Waals surface area contributed by atoms with Crippen molar-refractivity contribution in [2.45, 2.75) is 49.8 Å². The number of benzene rings is 3. The summed E-state index contributed by atoms with van der Waals surface area (Å²) in [4.78, 5) is 26.9. The summed E-state index contributed by atoms with van der Waals surface area (Å²) in [5.74, 6) is -2.53. The largest absolute Gasteiger partial charge is 0.497 e. The lowest BCUT2D eigenvalue weighted by molar-refractivity contribution is -0.129. The van der Waals surface area contributed by atoms with Crippen molar-refractivity contribution in [1.29, 1.82) is 0 Å². The fourth-order valence-corrected chi connectivity index (χ4v) is 6.45. The lowest BCUT2D eigenvalue weighted by Crippen LogP contribution is -2.53. The number of ether oxygens (including phenoxy) is 2. The molecule has 4 rings (SSSR count). The van der Waals surface area contributed by atoms with Gasteiger partial charge in [-0.3, -0.25) is 9.69 Å². The van der Waals surface area contributed by atoms with E-state index in [1.807, 2.05) is 19.9 Å². The molecule has 4 atom stereocenters. The maximum Gasteiger partial charge on any atom is 0.415 e. The van der Waals surface area contributed by atoms with Gasteiger partial charge in [0.1, 0.15) is 5.75 Å². The van der Waals surface area contributed by atoms with E-state index >= 15 is 0 Å². The van der Waals surface area contributed by atoms with Gasteiger partial charge in [0.25, 0.3) is 5.91 Å². The van der Waals surface area contributed by atoms with Crippen LogP contribution in [0.1, 0.15) is 25.8 Å². The van der Waals surface area contributed by atoms with E-state index in [4.69, 9.17) is 9.47 Å². The number of hydrogen-bond donors (Lipinski definition) is 2. The molecule has 0 bridgehead atoms. The van der Waals surface area contributed by atoms with Crippen LogP contribution in [0.2, 0.25) is 0 Å². The molecule has 3 aromatic rings. The molecule has 2 amide bonds. The van der Waals surface area contributed by atoms with Crippen LogP contribution in [0.4, 0.5) is 19.3 Å². The quantitative estimate of drug-likeness (QED) is 0.270. The molecular weight excluding hydrogens is 608 g/mol. The van der Waals surface area contributed by atoms with E-state index in [0.717, 1.165) is 22.6 Å². The maximum absolute atomic E-state index is 13.8. The fraction of sp³-hybridized carbons (Fsp3) is 0.375. The molecule has 3 aromatic carbocycles. The number of hydrogen-bond acceptors (Lipinski definition) is 7. The van der Waals surface area contributed by atoms with Crippen LogP contribution in [-0.2, 0) is 26.0 Å². The molecule has 1 saturated heterocycles. The monoisotopic (exact) mass is 645 g/mol. The minimum atomic E-state index is -4.06. The molecule has 45 heavy (non-hydrogen) atoms. The number of nitrogens with zero attached hydrogens (tertiary/aromatic N) is 2. The predicted octanol–water partition coefficient (Wildman–Crippen LogP) is 4.12. The fourth-order valence-electron chi connectivity index (χ4n) is 4.87. The summed E-state index contributed by atoms with van der Waals surface area (Å²) in [6.45, 7) is 3.35. The first kappa shape index (κ1) is 33.8. The molecule has 13 heteroatoms. The Morgan fingerprint density at radius 1 is 1.09 bits per heavy atom. The molecule has 1 heterocycles. The third-order valence-electron chi connectivity index (χ3n) is 7.71. The highest BCUT2D eigenvalue weighted by molar-refractivity contribution is 7.89. The summed E-state index contributed by atoms with van der Waals surface area (Å²) in [6.07, 6.45) is -2.79. The van der Waals surface area contributed by atoms with E-state index in [-0.39, 0.29) is 42.6 Å². The Balaban J connectivity index is 1.56. The number of carbonyl (C=O) groups is 2. The van der Waals surface area contributed by atoms with E-state index in [2.05, 4.69) is 5.32 Å². The first-order valence-electron chi connectivity index (χ1n) is 14.5. The minimum Gasteiger partial charge on any atom is -0.497 e. The third-order valence-corrected chi connectivity index (χ3v) is 9.56. The average molecular weight is 646 g/mol.